The van der Waals surface area contributed by atoms with Crippen molar-refractivity contribution < 1.29 is 18.7 Å². The van der Waals surface area contributed by atoms with Crippen molar-refractivity contribution in [1.82, 2.24) is 30.2 Å². The fourth-order valence-corrected chi connectivity index (χ4v) is 4.85. The van der Waals surface area contributed by atoms with E-state index in [1.54, 1.807) is 18.3 Å². The van der Waals surface area contributed by atoms with Gasteiger partial charge < -0.3 is 29.6 Å². The molecular weight excluding hydrogens is 501 g/mol. The van der Waals surface area contributed by atoms with Crippen LogP contribution >= 0.6 is 0 Å². The highest BCUT2D eigenvalue weighted by molar-refractivity contribution is 5.79. The zero-order valence-electron chi connectivity index (χ0n) is 22.1. The summed E-state index contributed by atoms with van der Waals surface area (Å²) in [4.78, 5) is 34.5. The molecule has 39 heavy (non-hydrogen) atoms. The summed E-state index contributed by atoms with van der Waals surface area (Å²) in [5.74, 6) is 1.32. The fraction of sp³-hybridized carbons (Fsp3) is 0.500. The van der Waals surface area contributed by atoms with Crippen LogP contribution in [0.3, 0.4) is 0 Å². The Kier molecular flexibility index (Phi) is 7.53. The predicted molar refractivity (Wildman–Crippen MR) is 143 cm³/mol. The number of ether oxygens (including phenoxy) is 2. The molecule has 1 aliphatic carbocycles. The van der Waals surface area contributed by atoms with Crippen LogP contribution in [0, 0.1) is 17.7 Å². The van der Waals surface area contributed by atoms with E-state index in [0.29, 0.717) is 48.7 Å². The number of piperazine rings is 1. The van der Waals surface area contributed by atoms with Crippen molar-refractivity contribution >= 4 is 11.9 Å². The minimum Gasteiger partial charge on any atom is -0.355 e. The van der Waals surface area contributed by atoms with Gasteiger partial charge in [0.05, 0.1) is 42.6 Å². The van der Waals surface area contributed by atoms with Gasteiger partial charge in [0.25, 0.3) is 0 Å². The Labute approximate surface area is 226 Å². The number of amides is 1. The van der Waals surface area contributed by atoms with Crippen LogP contribution in [0.25, 0.3) is 22.6 Å². The first-order chi connectivity index (χ1) is 19.0. The van der Waals surface area contributed by atoms with Crippen LogP contribution in [-0.2, 0) is 20.7 Å². The summed E-state index contributed by atoms with van der Waals surface area (Å²) in [6.07, 6.45) is 3.99. The molecule has 2 saturated heterocycles. The summed E-state index contributed by atoms with van der Waals surface area (Å²) in [5, 5.41) is 3.00. The number of likely N-dealkylation sites (N-methyl/N-ethyl adjacent to an activating group) is 1. The molecule has 2 aromatic heterocycles. The average Bonchev–Trinajstić information content (AvgIpc) is 3.71. The van der Waals surface area contributed by atoms with E-state index in [1.165, 1.54) is 25.0 Å². The molecule has 0 atom stereocenters. The zero-order chi connectivity index (χ0) is 26.8. The molecule has 4 heterocycles. The molecule has 3 aliphatic rings. The van der Waals surface area contributed by atoms with Gasteiger partial charge in [0.1, 0.15) is 11.6 Å². The van der Waals surface area contributed by atoms with Gasteiger partial charge in [0.2, 0.25) is 11.9 Å². The van der Waals surface area contributed by atoms with Crippen molar-refractivity contribution in [3.8, 4) is 22.6 Å². The number of halogens is 1. The van der Waals surface area contributed by atoms with Gasteiger partial charge in [-0.1, -0.05) is 0 Å². The highest BCUT2D eigenvalue weighted by atomic mass is 19.1. The number of nitrogens with one attached hydrogen (secondary N) is 2. The molecule has 0 spiro atoms. The highest BCUT2D eigenvalue weighted by Gasteiger charge is 2.30. The molecule has 10 nitrogen and oxygen atoms in total. The van der Waals surface area contributed by atoms with Gasteiger partial charge in [0.15, 0.2) is 6.29 Å². The Morgan fingerprint density at radius 2 is 1.82 bits per heavy atom. The number of rotatable bonds is 8. The van der Waals surface area contributed by atoms with Crippen molar-refractivity contribution in [1.29, 1.82) is 0 Å². The average molecular weight is 536 g/mol. The monoisotopic (exact) mass is 535 g/mol. The summed E-state index contributed by atoms with van der Waals surface area (Å²) in [5.41, 5.74) is 2.87. The van der Waals surface area contributed by atoms with Crippen molar-refractivity contribution in [2.24, 2.45) is 11.8 Å². The maximum Gasteiger partial charge on any atom is 0.227 e. The van der Waals surface area contributed by atoms with E-state index in [-0.39, 0.29) is 17.6 Å². The number of hydrogen-bond donors (Lipinski definition) is 2. The smallest absolute Gasteiger partial charge is 0.227 e. The fourth-order valence-electron chi connectivity index (χ4n) is 4.85. The highest BCUT2D eigenvalue weighted by Crippen LogP contribution is 2.31. The largest absolute Gasteiger partial charge is 0.355 e. The third-order valence-corrected chi connectivity index (χ3v) is 7.51. The molecule has 0 radical (unpaired) electrons. The zero-order valence-corrected chi connectivity index (χ0v) is 22.1. The number of benzene rings is 1. The second kappa shape index (κ2) is 11.4. The standard InChI is InChI=1S/C28H34FN7O3/c1-35-10-12-36(13-11-35)28-30-9-8-22(32-28)26-25(19-4-6-21(29)7-5-19)33-23(34-26)14-24-38-16-20(17-39-24)27(37)31-15-18-2-3-18/h4-9,18,20,24H,2-3,10-17H2,1H3,(H,31,37)(H,33,34). The van der Waals surface area contributed by atoms with E-state index in [2.05, 4.69) is 32.1 Å². The van der Waals surface area contributed by atoms with Crippen LogP contribution in [0.15, 0.2) is 36.5 Å². The number of nitrogens with zero attached hydrogens (tertiary/aromatic N) is 5. The van der Waals surface area contributed by atoms with Gasteiger partial charge in [-0.2, -0.15) is 0 Å². The first kappa shape index (κ1) is 25.8. The molecule has 0 unspecified atom stereocenters. The first-order valence-electron chi connectivity index (χ1n) is 13.6. The molecule has 0 bridgehead atoms. The van der Waals surface area contributed by atoms with Crippen molar-refractivity contribution in [3.05, 3.63) is 48.2 Å². The number of carbonyl (C=O) groups excluding carboxylic acids is 1. The minimum absolute atomic E-state index is 0.0147. The van der Waals surface area contributed by atoms with Crippen LogP contribution in [0.4, 0.5) is 10.3 Å². The number of aromatic nitrogens is 4. The predicted octanol–water partition coefficient (Wildman–Crippen LogP) is 2.48. The van der Waals surface area contributed by atoms with E-state index in [0.717, 1.165) is 44.0 Å². The van der Waals surface area contributed by atoms with Gasteiger partial charge in [-0.25, -0.2) is 19.3 Å². The number of H-pyrrole nitrogens is 1. The molecular formula is C28H34FN7O3. The van der Waals surface area contributed by atoms with E-state index in [4.69, 9.17) is 19.4 Å². The van der Waals surface area contributed by atoms with Gasteiger partial charge in [-0.15, -0.1) is 0 Å². The number of anilines is 1. The quantitative estimate of drug-likeness (QED) is 0.453. The summed E-state index contributed by atoms with van der Waals surface area (Å²) >= 11 is 0. The maximum absolute atomic E-state index is 13.7. The Morgan fingerprint density at radius 1 is 1.08 bits per heavy atom. The van der Waals surface area contributed by atoms with Gasteiger partial charge in [-0.05, 0) is 56.1 Å². The van der Waals surface area contributed by atoms with Crippen LogP contribution in [0.2, 0.25) is 0 Å². The minimum atomic E-state index is -0.524. The van der Waals surface area contributed by atoms with Crippen LogP contribution < -0.4 is 10.2 Å². The molecule has 1 saturated carbocycles. The molecule has 6 rings (SSSR count). The summed E-state index contributed by atoms with van der Waals surface area (Å²) < 4.78 is 25.5. The van der Waals surface area contributed by atoms with Crippen LogP contribution in [-0.4, -0.2) is 90.0 Å². The van der Waals surface area contributed by atoms with E-state index >= 15 is 0 Å². The van der Waals surface area contributed by atoms with Crippen LogP contribution in [0.5, 0.6) is 0 Å². The second-order valence-electron chi connectivity index (χ2n) is 10.6. The number of aromatic amines is 1. The summed E-state index contributed by atoms with van der Waals surface area (Å²) in [6, 6.07) is 8.11. The molecule has 3 aromatic rings. The van der Waals surface area contributed by atoms with E-state index in [9.17, 15) is 9.18 Å². The van der Waals surface area contributed by atoms with Crippen LogP contribution in [0.1, 0.15) is 18.7 Å². The summed E-state index contributed by atoms with van der Waals surface area (Å²) in [7, 11) is 2.11. The normalized spacial score (nSPS) is 22.2. The lowest BCUT2D eigenvalue weighted by Crippen LogP contribution is -2.45. The number of hydrogen-bond acceptors (Lipinski definition) is 8. The van der Waals surface area contributed by atoms with E-state index in [1.807, 2.05) is 6.07 Å². The third-order valence-electron chi connectivity index (χ3n) is 7.51. The van der Waals surface area contributed by atoms with Crippen molar-refractivity contribution in [2.75, 3.05) is 57.9 Å². The Bertz CT molecular complexity index is 1280. The van der Waals surface area contributed by atoms with Gasteiger partial charge in [-0.3, -0.25) is 4.79 Å². The Morgan fingerprint density at radius 3 is 2.54 bits per heavy atom. The third kappa shape index (κ3) is 6.26. The lowest BCUT2D eigenvalue weighted by Gasteiger charge is -2.32. The number of carbonyl (C=O) groups is 1. The summed E-state index contributed by atoms with van der Waals surface area (Å²) in [6.45, 7) is 4.96. The topological polar surface area (TPSA) is 108 Å². The molecule has 3 fully saturated rings. The van der Waals surface area contributed by atoms with Gasteiger partial charge >= 0.3 is 0 Å². The molecule has 2 aliphatic heterocycles. The second-order valence-corrected chi connectivity index (χ2v) is 10.6. The van der Waals surface area contributed by atoms with Crippen molar-refractivity contribution in [3.63, 3.8) is 0 Å². The molecule has 2 N–H and O–H groups in total. The Balaban J connectivity index is 1.19. The molecule has 11 heteroatoms. The lowest BCUT2D eigenvalue weighted by atomic mass is 10.1. The molecule has 1 amide bonds. The van der Waals surface area contributed by atoms with Crippen molar-refractivity contribution in [2.45, 2.75) is 25.6 Å². The Hall–Kier alpha value is -3.41. The first-order valence-corrected chi connectivity index (χ1v) is 13.6. The molecule has 206 valence electrons. The SMILES string of the molecule is CN1CCN(c2nccc(-c3[nH]c(CC4OCC(C(=O)NCC5CC5)CO4)nc3-c3ccc(F)cc3)n2)CC1. The molecule has 1 aromatic carbocycles. The van der Waals surface area contributed by atoms with E-state index < -0.39 is 6.29 Å². The lowest BCUT2D eigenvalue weighted by molar-refractivity contribution is -0.200. The number of imidazole rings is 1. The maximum atomic E-state index is 13.7. The van der Waals surface area contributed by atoms with Gasteiger partial charge in [0, 0.05) is 44.5 Å².